The monoisotopic (exact) mass is 496 g/mol. The normalized spacial score (nSPS) is 22.0. The van der Waals surface area contributed by atoms with Gasteiger partial charge in [0.2, 0.25) is 0 Å². The van der Waals surface area contributed by atoms with Gasteiger partial charge in [0, 0.05) is 45.3 Å². The lowest BCUT2D eigenvalue weighted by Gasteiger charge is -2.40. The Bertz CT molecular complexity index is 1010. The van der Waals surface area contributed by atoms with Crippen molar-refractivity contribution in [3.63, 3.8) is 0 Å². The smallest absolute Gasteiger partial charge is 0.272 e. The Labute approximate surface area is 216 Å². The van der Waals surface area contributed by atoms with Crippen LogP contribution in [0.2, 0.25) is 0 Å². The van der Waals surface area contributed by atoms with Gasteiger partial charge in [0.25, 0.3) is 5.91 Å². The number of carbonyl (C=O) groups excluding carboxylic acids is 1. The quantitative estimate of drug-likeness (QED) is 0.593. The summed E-state index contributed by atoms with van der Waals surface area (Å²) in [6.07, 6.45) is 11.2. The fraction of sp³-hybridized carbons (Fsp3) is 0.750. The summed E-state index contributed by atoms with van der Waals surface area (Å²) in [6, 6.07) is 4.36. The molecule has 3 aliphatic rings. The fourth-order valence-corrected chi connectivity index (χ4v) is 6.34. The number of carbonyl (C=O) groups is 1. The molecule has 2 aromatic rings. The Kier molecular flexibility index (Phi) is 8.11. The molecule has 3 aliphatic heterocycles. The summed E-state index contributed by atoms with van der Waals surface area (Å²) in [6.45, 7) is 12.1. The Morgan fingerprint density at radius 3 is 2.39 bits per heavy atom. The first-order chi connectivity index (χ1) is 17.5. The number of hydrogen-bond acceptors (Lipinski definition) is 5. The zero-order valence-electron chi connectivity index (χ0n) is 22.6. The molecule has 0 bridgehead atoms. The molecule has 2 aromatic heterocycles. The van der Waals surface area contributed by atoms with E-state index < -0.39 is 0 Å². The molecule has 1 N–H and O–H groups in total. The highest BCUT2D eigenvalue weighted by molar-refractivity contribution is 6.04. The van der Waals surface area contributed by atoms with E-state index in [1.807, 2.05) is 4.68 Å². The largest absolute Gasteiger partial charge is 0.357 e. The van der Waals surface area contributed by atoms with E-state index in [0.717, 1.165) is 55.9 Å². The van der Waals surface area contributed by atoms with E-state index in [1.165, 1.54) is 75.6 Å². The summed E-state index contributed by atoms with van der Waals surface area (Å²) >= 11 is 0. The topological polar surface area (TPSA) is 66.3 Å². The molecule has 36 heavy (non-hydrogen) atoms. The summed E-state index contributed by atoms with van der Waals surface area (Å²) < 4.78 is 3.12. The lowest BCUT2D eigenvalue weighted by molar-refractivity contribution is -0.913. The number of aryl methyl sites for hydroxylation is 1. The van der Waals surface area contributed by atoms with Gasteiger partial charge in [-0.2, -0.15) is 5.10 Å². The standard InChI is InChI=1S/C28H45N7O/c1-3-34-27-24(11-12-25(30-27)33-15-7-4-5-8-16-33)26(31-34)28(36)29-23-13-17-32(18-14-23)19-22-35(2)20-9-6-10-21-35/h11-12,23H,3-10,13-22H2,1-2H3/p+1. The molecule has 0 saturated carbocycles. The maximum Gasteiger partial charge on any atom is 0.272 e. The van der Waals surface area contributed by atoms with Crippen LogP contribution in [0, 0.1) is 0 Å². The molecule has 0 radical (unpaired) electrons. The first kappa shape index (κ1) is 25.5. The minimum atomic E-state index is -0.0543. The third-order valence-corrected chi connectivity index (χ3v) is 8.80. The first-order valence-corrected chi connectivity index (χ1v) is 14.5. The number of quaternary nitrogens is 1. The van der Waals surface area contributed by atoms with Crippen LogP contribution in [0.4, 0.5) is 5.82 Å². The van der Waals surface area contributed by atoms with E-state index >= 15 is 0 Å². The zero-order valence-corrected chi connectivity index (χ0v) is 22.6. The molecular formula is C28H46N7O+. The van der Waals surface area contributed by atoms with Gasteiger partial charge in [0.15, 0.2) is 11.3 Å². The summed E-state index contributed by atoms with van der Waals surface area (Å²) in [5.41, 5.74) is 1.35. The molecule has 8 heteroatoms. The predicted octanol–water partition coefficient (Wildman–Crippen LogP) is 3.66. The van der Waals surface area contributed by atoms with Crippen molar-refractivity contribution >= 4 is 22.8 Å². The molecule has 0 aliphatic carbocycles. The average molecular weight is 497 g/mol. The summed E-state index contributed by atoms with van der Waals surface area (Å²) in [4.78, 5) is 23.3. The van der Waals surface area contributed by atoms with Crippen molar-refractivity contribution in [1.82, 2.24) is 25.0 Å². The maximum absolute atomic E-state index is 13.3. The van der Waals surface area contributed by atoms with Crippen molar-refractivity contribution in [1.29, 1.82) is 0 Å². The molecule has 5 heterocycles. The van der Waals surface area contributed by atoms with Gasteiger partial charge in [-0.05, 0) is 64.0 Å². The molecule has 3 saturated heterocycles. The van der Waals surface area contributed by atoms with E-state index in [9.17, 15) is 4.79 Å². The summed E-state index contributed by atoms with van der Waals surface area (Å²) in [7, 11) is 2.43. The van der Waals surface area contributed by atoms with Gasteiger partial charge in [0.1, 0.15) is 5.82 Å². The van der Waals surface area contributed by atoms with E-state index in [0.29, 0.717) is 12.2 Å². The number of hydrogen-bond donors (Lipinski definition) is 1. The minimum Gasteiger partial charge on any atom is -0.357 e. The van der Waals surface area contributed by atoms with E-state index in [4.69, 9.17) is 10.1 Å². The van der Waals surface area contributed by atoms with Crippen LogP contribution in [-0.2, 0) is 6.54 Å². The molecule has 5 rings (SSSR count). The highest BCUT2D eigenvalue weighted by Gasteiger charge is 2.28. The number of amides is 1. The third kappa shape index (κ3) is 5.86. The Morgan fingerprint density at radius 1 is 1.00 bits per heavy atom. The van der Waals surface area contributed by atoms with E-state index in [-0.39, 0.29) is 11.9 Å². The number of anilines is 1. The maximum atomic E-state index is 13.3. The van der Waals surface area contributed by atoms with Gasteiger partial charge >= 0.3 is 0 Å². The van der Waals surface area contributed by atoms with Crippen LogP contribution in [0.15, 0.2) is 12.1 Å². The molecule has 198 valence electrons. The van der Waals surface area contributed by atoms with Gasteiger partial charge in [-0.1, -0.05) is 12.8 Å². The van der Waals surface area contributed by atoms with Crippen LogP contribution in [0.1, 0.15) is 75.2 Å². The number of fused-ring (bicyclic) bond motifs is 1. The van der Waals surface area contributed by atoms with Crippen LogP contribution in [-0.4, -0.2) is 95.5 Å². The molecule has 0 unspecified atom stereocenters. The highest BCUT2D eigenvalue weighted by Crippen LogP contribution is 2.24. The van der Waals surface area contributed by atoms with Gasteiger partial charge in [-0.3, -0.25) is 9.69 Å². The number of likely N-dealkylation sites (tertiary alicyclic amines) is 2. The molecular weight excluding hydrogens is 450 g/mol. The number of pyridine rings is 1. The van der Waals surface area contributed by atoms with Crippen LogP contribution in [0.5, 0.6) is 0 Å². The average Bonchev–Trinajstić information content (AvgIpc) is 3.06. The second-order valence-corrected chi connectivity index (χ2v) is 11.5. The summed E-state index contributed by atoms with van der Waals surface area (Å²) in [5.74, 6) is 0.959. The second kappa shape index (κ2) is 11.5. The molecule has 0 spiro atoms. The lowest BCUT2D eigenvalue weighted by atomic mass is 10.0. The van der Waals surface area contributed by atoms with Gasteiger partial charge < -0.3 is 14.7 Å². The van der Waals surface area contributed by atoms with Crippen molar-refractivity contribution < 1.29 is 9.28 Å². The van der Waals surface area contributed by atoms with Crippen molar-refractivity contribution in [2.75, 3.05) is 64.3 Å². The van der Waals surface area contributed by atoms with Gasteiger partial charge in [-0.25, -0.2) is 9.67 Å². The highest BCUT2D eigenvalue weighted by atomic mass is 16.2. The number of nitrogens with zero attached hydrogens (tertiary/aromatic N) is 6. The SMILES string of the molecule is CCn1nc(C(=O)NC2CCN(CC[N+]3(C)CCCCC3)CC2)c2ccc(N3CCCCCC3)nc21. The number of likely N-dealkylation sites (N-methyl/N-ethyl adjacent to an activating group) is 1. The molecule has 1 amide bonds. The van der Waals surface area contributed by atoms with Gasteiger partial charge in [0.05, 0.1) is 32.1 Å². The van der Waals surface area contributed by atoms with Crippen LogP contribution < -0.4 is 10.2 Å². The van der Waals surface area contributed by atoms with Gasteiger partial charge in [-0.15, -0.1) is 0 Å². The number of nitrogens with one attached hydrogen (secondary N) is 1. The minimum absolute atomic E-state index is 0.0543. The molecule has 3 fully saturated rings. The number of piperidine rings is 2. The molecule has 0 atom stereocenters. The van der Waals surface area contributed by atoms with Crippen LogP contribution in [0.3, 0.4) is 0 Å². The number of rotatable bonds is 7. The zero-order chi connectivity index (χ0) is 25.0. The molecule has 8 nitrogen and oxygen atoms in total. The van der Waals surface area contributed by atoms with Crippen molar-refractivity contribution in [3.8, 4) is 0 Å². The Morgan fingerprint density at radius 2 is 1.69 bits per heavy atom. The Hall–Kier alpha value is -2.19. The van der Waals surface area contributed by atoms with E-state index in [1.54, 1.807) is 0 Å². The third-order valence-electron chi connectivity index (χ3n) is 8.80. The fourth-order valence-electron chi connectivity index (χ4n) is 6.34. The van der Waals surface area contributed by atoms with Crippen molar-refractivity contribution in [2.45, 2.75) is 77.3 Å². The van der Waals surface area contributed by atoms with Crippen molar-refractivity contribution in [3.05, 3.63) is 17.8 Å². The lowest BCUT2D eigenvalue weighted by Crippen LogP contribution is -2.53. The second-order valence-electron chi connectivity index (χ2n) is 11.5. The van der Waals surface area contributed by atoms with E-state index in [2.05, 4.69) is 41.2 Å². The van der Waals surface area contributed by atoms with Crippen molar-refractivity contribution in [2.24, 2.45) is 0 Å². The van der Waals surface area contributed by atoms with Crippen LogP contribution in [0.25, 0.3) is 11.0 Å². The number of aromatic nitrogens is 3. The Balaban J connectivity index is 1.19. The van der Waals surface area contributed by atoms with Crippen LogP contribution >= 0.6 is 0 Å². The predicted molar refractivity (Wildman–Crippen MR) is 145 cm³/mol. The summed E-state index contributed by atoms with van der Waals surface area (Å²) in [5, 5.41) is 8.86. The first-order valence-electron chi connectivity index (χ1n) is 14.5. The molecule has 0 aromatic carbocycles.